The zero-order valence-electron chi connectivity index (χ0n) is 13.3. The van der Waals surface area contributed by atoms with Crippen molar-refractivity contribution in [1.82, 2.24) is 19.7 Å². The van der Waals surface area contributed by atoms with Gasteiger partial charge in [0.05, 0.1) is 6.42 Å². The molecule has 1 fully saturated rings. The number of hydrogen-bond acceptors (Lipinski definition) is 3. The van der Waals surface area contributed by atoms with E-state index in [0.29, 0.717) is 12.3 Å². The number of hydrogen-bond donors (Lipinski definition) is 0. The molecule has 1 aromatic carbocycles. The lowest BCUT2D eigenvalue weighted by molar-refractivity contribution is -0.131. The Bertz CT molecular complexity index is 663. The molecule has 0 N–H and O–H groups in total. The highest BCUT2D eigenvalue weighted by atomic mass is 35.5. The lowest BCUT2D eigenvalue weighted by Gasteiger charge is -2.32. The zero-order valence-corrected chi connectivity index (χ0v) is 14.0. The Morgan fingerprint density at radius 3 is 2.78 bits per heavy atom. The number of carbonyl (C=O) groups excluding carboxylic acids is 1. The molecule has 6 heteroatoms. The SMILES string of the molecule is Cc1ccc(CC(=O)N2CCC(Cn3cncn3)CC2)cc1Cl. The smallest absolute Gasteiger partial charge is 0.226 e. The van der Waals surface area contributed by atoms with Crippen molar-refractivity contribution in [2.45, 2.75) is 32.7 Å². The molecule has 122 valence electrons. The number of benzene rings is 1. The fourth-order valence-corrected chi connectivity index (χ4v) is 3.19. The summed E-state index contributed by atoms with van der Waals surface area (Å²) in [6.07, 6.45) is 5.76. The minimum Gasteiger partial charge on any atom is -0.342 e. The normalized spacial score (nSPS) is 15.8. The van der Waals surface area contributed by atoms with E-state index in [-0.39, 0.29) is 5.91 Å². The molecule has 2 heterocycles. The first-order valence-corrected chi connectivity index (χ1v) is 8.35. The fraction of sp³-hybridized carbons (Fsp3) is 0.471. The third kappa shape index (κ3) is 4.10. The van der Waals surface area contributed by atoms with Crippen LogP contribution in [0.3, 0.4) is 0 Å². The predicted octanol–water partition coefficient (Wildman–Crippen LogP) is 2.72. The summed E-state index contributed by atoms with van der Waals surface area (Å²) in [6, 6.07) is 5.85. The van der Waals surface area contributed by atoms with Crippen molar-refractivity contribution in [1.29, 1.82) is 0 Å². The van der Waals surface area contributed by atoms with Crippen LogP contribution in [0, 0.1) is 12.8 Å². The summed E-state index contributed by atoms with van der Waals surface area (Å²) in [5, 5.41) is 4.87. The van der Waals surface area contributed by atoms with E-state index in [4.69, 9.17) is 11.6 Å². The standard InChI is InChI=1S/C17H21ClN4O/c1-13-2-3-15(8-16(13)18)9-17(23)21-6-4-14(5-7-21)10-22-12-19-11-20-22/h2-3,8,11-12,14H,4-7,9-10H2,1H3. The summed E-state index contributed by atoms with van der Waals surface area (Å²) in [6.45, 7) is 4.49. The van der Waals surface area contributed by atoms with Gasteiger partial charge in [-0.1, -0.05) is 23.7 Å². The van der Waals surface area contributed by atoms with E-state index in [0.717, 1.165) is 48.6 Å². The number of aromatic nitrogens is 3. The summed E-state index contributed by atoms with van der Waals surface area (Å²) in [7, 11) is 0. The molecule has 0 radical (unpaired) electrons. The highest BCUT2D eigenvalue weighted by Gasteiger charge is 2.23. The number of rotatable bonds is 4. The number of halogens is 1. The molecule has 23 heavy (non-hydrogen) atoms. The van der Waals surface area contributed by atoms with Gasteiger partial charge in [0.25, 0.3) is 0 Å². The lowest BCUT2D eigenvalue weighted by Crippen LogP contribution is -2.40. The monoisotopic (exact) mass is 332 g/mol. The van der Waals surface area contributed by atoms with E-state index >= 15 is 0 Å². The second kappa shape index (κ2) is 7.13. The molecule has 1 aromatic heterocycles. The number of amides is 1. The molecule has 0 unspecified atom stereocenters. The van der Waals surface area contributed by atoms with Crippen molar-refractivity contribution < 1.29 is 4.79 Å². The van der Waals surface area contributed by atoms with E-state index in [1.54, 1.807) is 12.7 Å². The van der Waals surface area contributed by atoms with Crippen LogP contribution in [0.15, 0.2) is 30.9 Å². The first-order chi connectivity index (χ1) is 11.1. The van der Waals surface area contributed by atoms with Crippen LogP contribution in [-0.4, -0.2) is 38.7 Å². The van der Waals surface area contributed by atoms with E-state index in [1.807, 2.05) is 34.7 Å². The summed E-state index contributed by atoms with van der Waals surface area (Å²) >= 11 is 6.13. The lowest BCUT2D eigenvalue weighted by atomic mass is 9.96. The predicted molar refractivity (Wildman–Crippen MR) is 89.2 cm³/mol. The third-order valence-corrected chi connectivity index (χ3v) is 4.88. The number of piperidine rings is 1. The van der Waals surface area contributed by atoms with Crippen LogP contribution in [0.5, 0.6) is 0 Å². The maximum absolute atomic E-state index is 12.4. The van der Waals surface area contributed by atoms with Crippen molar-refractivity contribution in [2.24, 2.45) is 5.92 Å². The number of nitrogens with zero attached hydrogens (tertiary/aromatic N) is 4. The second-order valence-electron chi connectivity index (χ2n) is 6.20. The average molecular weight is 333 g/mol. The summed E-state index contributed by atoms with van der Waals surface area (Å²) in [4.78, 5) is 18.4. The van der Waals surface area contributed by atoms with Gasteiger partial charge in [-0.15, -0.1) is 0 Å². The fourth-order valence-electron chi connectivity index (χ4n) is 2.99. The second-order valence-corrected chi connectivity index (χ2v) is 6.61. The van der Waals surface area contributed by atoms with Gasteiger partial charge in [-0.05, 0) is 42.9 Å². The molecule has 5 nitrogen and oxygen atoms in total. The van der Waals surface area contributed by atoms with Gasteiger partial charge >= 0.3 is 0 Å². The van der Waals surface area contributed by atoms with Gasteiger partial charge in [0.1, 0.15) is 12.7 Å². The van der Waals surface area contributed by atoms with Gasteiger partial charge in [-0.25, -0.2) is 4.98 Å². The van der Waals surface area contributed by atoms with Crippen LogP contribution in [-0.2, 0) is 17.8 Å². The highest BCUT2D eigenvalue weighted by molar-refractivity contribution is 6.31. The first-order valence-electron chi connectivity index (χ1n) is 7.97. The van der Waals surface area contributed by atoms with Crippen molar-refractivity contribution in [3.05, 3.63) is 47.0 Å². The van der Waals surface area contributed by atoms with E-state index in [2.05, 4.69) is 10.1 Å². The van der Waals surface area contributed by atoms with Gasteiger partial charge in [0.15, 0.2) is 0 Å². The molecule has 0 saturated carbocycles. The molecule has 0 spiro atoms. The Balaban J connectivity index is 1.50. The Labute approximate surface area is 141 Å². The minimum atomic E-state index is 0.184. The number of aryl methyl sites for hydroxylation is 1. The summed E-state index contributed by atoms with van der Waals surface area (Å²) in [5.74, 6) is 0.749. The Morgan fingerprint density at radius 2 is 2.13 bits per heavy atom. The molecule has 1 aliphatic rings. The molecule has 1 amide bonds. The largest absolute Gasteiger partial charge is 0.342 e. The highest BCUT2D eigenvalue weighted by Crippen LogP contribution is 2.21. The molecule has 1 saturated heterocycles. The Kier molecular flexibility index (Phi) is 4.96. The number of likely N-dealkylation sites (tertiary alicyclic amines) is 1. The van der Waals surface area contributed by atoms with E-state index in [9.17, 15) is 4.79 Å². The molecular weight excluding hydrogens is 312 g/mol. The van der Waals surface area contributed by atoms with Gasteiger partial charge in [-0.2, -0.15) is 5.10 Å². The van der Waals surface area contributed by atoms with Crippen molar-refractivity contribution in [3.8, 4) is 0 Å². The molecule has 3 rings (SSSR count). The maximum Gasteiger partial charge on any atom is 0.226 e. The topological polar surface area (TPSA) is 51.0 Å². The van der Waals surface area contributed by atoms with Crippen LogP contribution in [0.25, 0.3) is 0 Å². The van der Waals surface area contributed by atoms with Gasteiger partial charge < -0.3 is 4.90 Å². The zero-order chi connectivity index (χ0) is 16.2. The molecule has 0 atom stereocenters. The van der Waals surface area contributed by atoms with Crippen LogP contribution < -0.4 is 0 Å². The molecule has 2 aromatic rings. The molecular formula is C17H21ClN4O. The summed E-state index contributed by atoms with van der Waals surface area (Å²) in [5.41, 5.74) is 2.02. The van der Waals surface area contributed by atoms with Crippen molar-refractivity contribution in [3.63, 3.8) is 0 Å². The van der Waals surface area contributed by atoms with Crippen LogP contribution in [0.1, 0.15) is 24.0 Å². The van der Waals surface area contributed by atoms with Gasteiger partial charge in [0, 0.05) is 24.7 Å². The quantitative estimate of drug-likeness (QED) is 0.865. The van der Waals surface area contributed by atoms with Gasteiger partial charge in [-0.3, -0.25) is 9.48 Å². The first kappa shape index (κ1) is 16.0. The molecule has 1 aliphatic heterocycles. The number of carbonyl (C=O) groups is 1. The molecule has 0 aliphatic carbocycles. The van der Waals surface area contributed by atoms with Gasteiger partial charge in [0.2, 0.25) is 5.91 Å². The Hall–Kier alpha value is -1.88. The van der Waals surface area contributed by atoms with Crippen LogP contribution in [0.4, 0.5) is 0 Å². The minimum absolute atomic E-state index is 0.184. The van der Waals surface area contributed by atoms with Crippen LogP contribution >= 0.6 is 11.6 Å². The van der Waals surface area contributed by atoms with Crippen LogP contribution in [0.2, 0.25) is 5.02 Å². The summed E-state index contributed by atoms with van der Waals surface area (Å²) < 4.78 is 1.87. The third-order valence-electron chi connectivity index (χ3n) is 4.47. The van der Waals surface area contributed by atoms with Crippen molar-refractivity contribution in [2.75, 3.05) is 13.1 Å². The Morgan fingerprint density at radius 1 is 1.35 bits per heavy atom. The average Bonchev–Trinajstić information content (AvgIpc) is 3.04. The van der Waals surface area contributed by atoms with E-state index in [1.165, 1.54) is 0 Å². The van der Waals surface area contributed by atoms with Crippen molar-refractivity contribution >= 4 is 17.5 Å². The molecule has 0 bridgehead atoms. The van der Waals surface area contributed by atoms with E-state index < -0.39 is 0 Å². The maximum atomic E-state index is 12.4.